The first kappa shape index (κ1) is 17.0. The maximum Gasteiger partial charge on any atom is 0.272 e. The van der Waals surface area contributed by atoms with Crippen LogP contribution >= 0.6 is 0 Å². The first-order chi connectivity index (χ1) is 12.6. The summed E-state index contributed by atoms with van der Waals surface area (Å²) in [5.41, 5.74) is 2.70. The molecule has 0 bridgehead atoms. The average molecular weight is 359 g/mol. The fourth-order valence-corrected chi connectivity index (χ4v) is 3.88. The fraction of sp³-hybridized carbons (Fsp3) is 0.647. The number of aryl methyl sites for hydroxylation is 1. The topological polar surface area (TPSA) is 92.2 Å². The van der Waals surface area contributed by atoms with Gasteiger partial charge in [-0.3, -0.25) is 9.48 Å². The van der Waals surface area contributed by atoms with Gasteiger partial charge in [0.1, 0.15) is 12.0 Å². The van der Waals surface area contributed by atoms with E-state index in [1.165, 1.54) is 6.33 Å². The van der Waals surface area contributed by atoms with Crippen LogP contribution in [-0.4, -0.2) is 68.1 Å². The third-order valence-corrected chi connectivity index (χ3v) is 5.17. The molecule has 1 N–H and O–H groups in total. The van der Waals surface area contributed by atoms with Gasteiger partial charge in [0.15, 0.2) is 0 Å². The second-order valence-corrected chi connectivity index (χ2v) is 6.91. The number of fused-ring (bicyclic) bond motifs is 1. The SMILES string of the molecule is CCn1nc2c(c1C(=O)N1CCN(c3ncn[nH]3)CC1)C[C@H](C)O[C@@H]2C. The predicted octanol–water partition coefficient (Wildman–Crippen LogP) is 1.01. The summed E-state index contributed by atoms with van der Waals surface area (Å²) in [6.45, 7) is 9.53. The quantitative estimate of drug-likeness (QED) is 0.879. The molecule has 4 rings (SSSR count). The molecule has 1 saturated heterocycles. The molecule has 2 atom stereocenters. The van der Waals surface area contributed by atoms with Crippen molar-refractivity contribution in [3.8, 4) is 0 Å². The van der Waals surface area contributed by atoms with Crippen LogP contribution in [0, 0.1) is 0 Å². The third kappa shape index (κ3) is 2.86. The number of nitrogens with zero attached hydrogens (tertiary/aromatic N) is 6. The lowest BCUT2D eigenvalue weighted by molar-refractivity contribution is -0.00716. The van der Waals surface area contributed by atoms with E-state index in [0.29, 0.717) is 19.6 Å². The summed E-state index contributed by atoms with van der Waals surface area (Å²) in [7, 11) is 0. The number of piperazine rings is 1. The van der Waals surface area contributed by atoms with Gasteiger partial charge in [-0.1, -0.05) is 0 Å². The molecule has 0 radical (unpaired) electrons. The molecule has 2 aliphatic heterocycles. The molecule has 1 fully saturated rings. The van der Waals surface area contributed by atoms with Crippen molar-refractivity contribution in [1.29, 1.82) is 0 Å². The van der Waals surface area contributed by atoms with Crippen LogP contribution in [-0.2, 0) is 17.7 Å². The molecule has 0 saturated carbocycles. The van der Waals surface area contributed by atoms with Crippen LogP contribution in [0.3, 0.4) is 0 Å². The van der Waals surface area contributed by atoms with Gasteiger partial charge in [0, 0.05) is 44.7 Å². The lowest BCUT2D eigenvalue weighted by Crippen LogP contribution is -2.49. The number of anilines is 1. The predicted molar refractivity (Wildman–Crippen MR) is 95.1 cm³/mol. The lowest BCUT2D eigenvalue weighted by atomic mass is 9.99. The molecule has 140 valence electrons. The highest BCUT2D eigenvalue weighted by molar-refractivity contribution is 5.94. The summed E-state index contributed by atoms with van der Waals surface area (Å²) in [4.78, 5) is 21.5. The molecule has 9 heteroatoms. The zero-order chi connectivity index (χ0) is 18.3. The molecule has 2 aliphatic rings. The minimum Gasteiger partial charge on any atom is -0.369 e. The Morgan fingerprint density at radius 2 is 2.08 bits per heavy atom. The van der Waals surface area contributed by atoms with Crippen LogP contribution in [0.2, 0.25) is 0 Å². The van der Waals surface area contributed by atoms with Crippen LogP contribution in [0.15, 0.2) is 6.33 Å². The number of hydrogen-bond donors (Lipinski definition) is 1. The number of amides is 1. The van der Waals surface area contributed by atoms with Crippen molar-refractivity contribution < 1.29 is 9.53 Å². The molecule has 0 unspecified atom stereocenters. The van der Waals surface area contributed by atoms with Gasteiger partial charge < -0.3 is 14.5 Å². The van der Waals surface area contributed by atoms with E-state index in [0.717, 1.165) is 42.4 Å². The molecule has 2 aromatic rings. The summed E-state index contributed by atoms with van der Waals surface area (Å²) in [6, 6.07) is 0. The number of nitrogens with one attached hydrogen (secondary N) is 1. The highest BCUT2D eigenvalue weighted by Crippen LogP contribution is 2.32. The number of hydrogen-bond acceptors (Lipinski definition) is 6. The Morgan fingerprint density at radius 1 is 1.31 bits per heavy atom. The molecule has 0 spiro atoms. The number of aromatic amines is 1. The summed E-state index contributed by atoms with van der Waals surface area (Å²) in [6.07, 6.45) is 2.26. The van der Waals surface area contributed by atoms with Gasteiger partial charge in [-0.05, 0) is 20.8 Å². The van der Waals surface area contributed by atoms with E-state index in [1.54, 1.807) is 0 Å². The van der Waals surface area contributed by atoms with Crippen molar-refractivity contribution in [2.75, 3.05) is 31.1 Å². The molecular weight excluding hydrogens is 334 g/mol. The van der Waals surface area contributed by atoms with Crippen molar-refractivity contribution >= 4 is 11.9 Å². The van der Waals surface area contributed by atoms with Gasteiger partial charge in [0.2, 0.25) is 5.95 Å². The first-order valence-electron chi connectivity index (χ1n) is 9.23. The minimum absolute atomic E-state index is 0.0686. The van der Waals surface area contributed by atoms with Gasteiger partial charge >= 0.3 is 0 Å². The van der Waals surface area contributed by atoms with Gasteiger partial charge in [-0.15, -0.1) is 0 Å². The van der Waals surface area contributed by atoms with E-state index in [4.69, 9.17) is 4.74 Å². The van der Waals surface area contributed by atoms with Gasteiger partial charge in [-0.2, -0.15) is 15.2 Å². The number of H-pyrrole nitrogens is 1. The summed E-state index contributed by atoms with van der Waals surface area (Å²) in [5.74, 6) is 0.826. The molecule has 0 aliphatic carbocycles. The number of rotatable bonds is 3. The molecular formula is C17H25N7O2. The van der Waals surface area contributed by atoms with E-state index in [1.807, 2.05) is 30.4 Å². The second-order valence-electron chi connectivity index (χ2n) is 6.91. The minimum atomic E-state index is -0.0728. The van der Waals surface area contributed by atoms with Crippen LogP contribution < -0.4 is 4.90 Å². The molecule has 26 heavy (non-hydrogen) atoms. The molecule has 0 aromatic carbocycles. The largest absolute Gasteiger partial charge is 0.369 e. The number of aromatic nitrogens is 5. The van der Waals surface area contributed by atoms with E-state index in [9.17, 15) is 4.79 Å². The van der Waals surface area contributed by atoms with Crippen LogP contribution in [0.1, 0.15) is 48.6 Å². The normalized spacial score (nSPS) is 23.2. The van der Waals surface area contributed by atoms with Gasteiger partial charge in [0.05, 0.1) is 17.9 Å². The Balaban J connectivity index is 1.55. The highest BCUT2D eigenvalue weighted by atomic mass is 16.5. The van der Waals surface area contributed by atoms with E-state index < -0.39 is 0 Å². The molecule has 2 aromatic heterocycles. The standard InChI is InChI=1S/C17H25N7O2/c1-4-24-15(13-9-11(2)26-12(3)14(13)21-24)16(25)22-5-7-23(8-6-22)17-18-10-19-20-17/h10-12H,4-9H2,1-3H3,(H,18,19,20)/t11-,12+/m0/s1. The number of carbonyl (C=O) groups is 1. The summed E-state index contributed by atoms with van der Waals surface area (Å²) >= 11 is 0. The van der Waals surface area contributed by atoms with E-state index >= 15 is 0 Å². The monoisotopic (exact) mass is 359 g/mol. The van der Waals surface area contributed by atoms with Crippen molar-refractivity contribution in [3.05, 3.63) is 23.3 Å². The number of carbonyl (C=O) groups excluding carboxylic acids is 1. The molecule has 9 nitrogen and oxygen atoms in total. The smallest absolute Gasteiger partial charge is 0.272 e. The lowest BCUT2D eigenvalue weighted by Gasteiger charge is -2.34. The fourth-order valence-electron chi connectivity index (χ4n) is 3.88. The van der Waals surface area contributed by atoms with Crippen molar-refractivity contribution in [1.82, 2.24) is 29.9 Å². The highest BCUT2D eigenvalue weighted by Gasteiger charge is 2.34. The average Bonchev–Trinajstić information content (AvgIpc) is 3.29. The third-order valence-electron chi connectivity index (χ3n) is 5.17. The van der Waals surface area contributed by atoms with Gasteiger partial charge in [0.25, 0.3) is 5.91 Å². The first-order valence-corrected chi connectivity index (χ1v) is 9.23. The second kappa shape index (κ2) is 6.71. The van der Waals surface area contributed by atoms with Crippen molar-refractivity contribution in [2.45, 2.75) is 45.9 Å². The summed E-state index contributed by atoms with van der Waals surface area (Å²) in [5, 5.41) is 11.4. The van der Waals surface area contributed by atoms with Crippen LogP contribution in [0.25, 0.3) is 0 Å². The Kier molecular flexibility index (Phi) is 4.39. The Bertz CT molecular complexity index is 777. The van der Waals surface area contributed by atoms with Crippen LogP contribution in [0.4, 0.5) is 5.95 Å². The van der Waals surface area contributed by atoms with Crippen LogP contribution in [0.5, 0.6) is 0 Å². The van der Waals surface area contributed by atoms with E-state index in [2.05, 4.69) is 25.2 Å². The Hall–Kier alpha value is -2.42. The summed E-state index contributed by atoms with van der Waals surface area (Å²) < 4.78 is 7.72. The van der Waals surface area contributed by atoms with Crippen molar-refractivity contribution in [2.24, 2.45) is 0 Å². The van der Waals surface area contributed by atoms with E-state index in [-0.39, 0.29) is 18.1 Å². The number of ether oxygens (including phenoxy) is 1. The maximum absolute atomic E-state index is 13.3. The Labute approximate surface area is 152 Å². The van der Waals surface area contributed by atoms with Gasteiger partial charge in [-0.25, -0.2) is 5.10 Å². The maximum atomic E-state index is 13.3. The molecule has 4 heterocycles. The molecule has 1 amide bonds. The Morgan fingerprint density at radius 3 is 2.73 bits per heavy atom. The zero-order valence-corrected chi connectivity index (χ0v) is 15.5. The van der Waals surface area contributed by atoms with Crippen molar-refractivity contribution in [3.63, 3.8) is 0 Å². The zero-order valence-electron chi connectivity index (χ0n) is 15.5.